The molecule has 0 aromatic carbocycles. The van der Waals surface area contributed by atoms with E-state index in [1.165, 1.54) is 122 Å². The maximum atomic E-state index is 12.5. The Morgan fingerprint density at radius 2 is 0.865 bits per heavy atom. The van der Waals surface area contributed by atoms with Crippen molar-refractivity contribution < 1.29 is 23.8 Å². The van der Waals surface area contributed by atoms with Crippen LogP contribution in [0.5, 0.6) is 0 Å². The molecule has 0 saturated carbocycles. The third-order valence-electron chi connectivity index (χ3n) is 9.69. The van der Waals surface area contributed by atoms with Crippen LogP contribution in [0.1, 0.15) is 226 Å². The maximum absolute atomic E-state index is 12.5. The normalized spacial score (nSPS) is 12.4. The van der Waals surface area contributed by atoms with Gasteiger partial charge in [0.15, 0.2) is 6.10 Å². The molecule has 0 aliphatic carbocycles. The summed E-state index contributed by atoms with van der Waals surface area (Å²) < 4.78 is 17.2. The molecule has 0 heterocycles. The van der Waals surface area contributed by atoms with Crippen LogP contribution in [0.15, 0.2) is 36.5 Å². The first-order valence-corrected chi connectivity index (χ1v) is 22.5. The van der Waals surface area contributed by atoms with E-state index >= 15 is 0 Å². The molecule has 5 heteroatoms. The molecule has 0 spiro atoms. The van der Waals surface area contributed by atoms with E-state index in [1.54, 1.807) is 0 Å². The molecule has 0 aromatic heterocycles. The number of hydrogen-bond donors (Lipinski definition) is 0. The van der Waals surface area contributed by atoms with Crippen molar-refractivity contribution in [2.24, 2.45) is 0 Å². The number of allylic oxidation sites excluding steroid dienone is 6. The zero-order valence-corrected chi connectivity index (χ0v) is 34.8. The van der Waals surface area contributed by atoms with Crippen molar-refractivity contribution in [3.8, 4) is 0 Å². The lowest BCUT2D eigenvalue weighted by molar-refractivity contribution is -0.163. The lowest BCUT2D eigenvalue weighted by Crippen LogP contribution is -2.30. The van der Waals surface area contributed by atoms with Crippen molar-refractivity contribution in [1.29, 1.82) is 0 Å². The molecule has 1 atom stereocenters. The van der Waals surface area contributed by atoms with E-state index in [-0.39, 0.29) is 25.2 Å². The van der Waals surface area contributed by atoms with Crippen LogP contribution in [0.25, 0.3) is 0 Å². The van der Waals surface area contributed by atoms with Gasteiger partial charge in [0.2, 0.25) is 0 Å². The molecule has 304 valence electrons. The van der Waals surface area contributed by atoms with E-state index in [0.29, 0.717) is 19.4 Å². The fourth-order valence-electron chi connectivity index (χ4n) is 6.35. The van der Waals surface area contributed by atoms with E-state index in [2.05, 4.69) is 57.2 Å². The molecular formula is C47H86O5. The van der Waals surface area contributed by atoms with Gasteiger partial charge in [-0.2, -0.15) is 0 Å². The highest BCUT2D eigenvalue weighted by atomic mass is 16.6. The predicted octanol–water partition coefficient (Wildman–Crippen LogP) is 14.7. The van der Waals surface area contributed by atoms with Crippen molar-refractivity contribution >= 4 is 11.9 Å². The van der Waals surface area contributed by atoms with Crippen molar-refractivity contribution in [2.75, 3.05) is 19.8 Å². The van der Waals surface area contributed by atoms with Gasteiger partial charge in [0.05, 0.1) is 6.61 Å². The fourth-order valence-corrected chi connectivity index (χ4v) is 6.35. The van der Waals surface area contributed by atoms with Gasteiger partial charge in [0.25, 0.3) is 0 Å². The van der Waals surface area contributed by atoms with E-state index in [9.17, 15) is 9.59 Å². The number of hydrogen-bond acceptors (Lipinski definition) is 5. The number of rotatable bonds is 41. The Morgan fingerprint density at radius 3 is 1.38 bits per heavy atom. The minimum Gasteiger partial charge on any atom is -0.462 e. The van der Waals surface area contributed by atoms with Gasteiger partial charge in [-0.1, -0.05) is 198 Å². The van der Waals surface area contributed by atoms with Gasteiger partial charge in [0.1, 0.15) is 6.61 Å². The molecule has 0 N–H and O–H groups in total. The van der Waals surface area contributed by atoms with E-state index in [1.807, 2.05) is 0 Å². The smallest absolute Gasteiger partial charge is 0.306 e. The highest BCUT2D eigenvalue weighted by Crippen LogP contribution is 2.14. The van der Waals surface area contributed by atoms with E-state index < -0.39 is 6.10 Å². The first-order chi connectivity index (χ1) is 25.6. The van der Waals surface area contributed by atoms with Gasteiger partial charge in [0, 0.05) is 19.4 Å². The summed E-state index contributed by atoms with van der Waals surface area (Å²) in [6.07, 6.45) is 50.2. The van der Waals surface area contributed by atoms with Crippen LogP contribution in [-0.4, -0.2) is 37.9 Å². The Morgan fingerprint density at radius 1 is 0.442 bits per heavy atom. The Kier molecular flexibility index (Phi) is 42.0. The summed E-state index contributed by atoms with van der Waals surface area (Å²) in [7, 11) is 0. The highest BCUT2D eigenvalue weighted by molar-refractivity contribution is 5.70. The Labute approximate surface area is 323 Å². The summed E-state index contributed by atoms with van der Waals surface area (Å²) in [6, 6.07) is 0. The van der Waals surface area contributed by atoms with Crippen LogP contribution in [0.2, 0.25) is 0 Å². The fraction of sp³-hybridized carbons (Fsp3) is 0.830. The molecule has 0 amide bonds. The zero-order valence-electron chi connectivity index (χ0n) is 34.8. The number of unbranched alkanes of at least 4 members (excludes halogenated alkanes) is 24. The van der Waals surface area contributed by atoms with Crippen LogP contribution < -0.4 is 0 Å². The third-order valence-corrected chi connectivity index (χ3v) is 9.69. The number of ether oxygens (including phenoxy) is 3. The maximum Gasteiger partial charge on any atom is 0.306 e. The molecular weight excluding hydrogens is 645 g/mol. The molecule has 0 rings (SSSR count). The van der Waals surface area contributed by atoms with Gasteiger partial charge in [-0.15, -0.1) is 0 Å². The topological polar surface area (TPSA) is 61.8 Å². The highest BCUT2D eigenvalue weighted by Gasteiger charge is 2.17. The Hall–Kier alpha value is -1.88. The molecule has 0 bridgehead atoms. The van der Waals surface area contributed by atoms with E-state index in [0.717, 1.165) is 70.6 Å². The standard InChI is InChI=1S/C47H86O5/c1-4-7-10-13-15-17-19-21-23-24-25-26-28-30-32-35-37-40-46(48)51-44-45(52-47(49)41-38-34-12-9-6-3)43-50-42-39-36-33-31-29-27-22-20-18-16-14-11-8-5-2/h7,10,15,17,21,23,45H,4-6,8-9,11-14,16,18-20,22,24-44H2,1-3H3/b10-7-,17-15-,23-21-. The van der Waals surface area contributed by atoms with Gasteiger partial charge < -0.3 is 14.2 Å². The summed E-state index contributed by atoms with van der Waals surface area (Å²) >= 11 is 0. The van der Waals surface area contributed by atoms with Crippen LogP contribution in [0.3, 0.4) is 0 Å². The molecule has 5 nitrogen and oxygen atoms in total. The molecule has 0 aromatic rings. The lowest BCUT2D eigenvalue weighted by Gasteiger charge is -2.18. The molecule has 0 fully saturated rings. The monoisotopic (exact) mass is 731 g/mol. The first kappa shape index (κ1) is 50.1. The first-order valence-electron chi connectivity index (χ1n) is 22.5. The quantitative estimate of drug-likeness (QED) is 0.0356. The summed E-state index contributed by atoms with van der Waals surface area (Å²) in [6.45, 7) is 7.66. The van der Waals surface area contributed by atoms with Gasteiger partial charge in [-0.05, 0) is 51.4 Å². The zero-order chi connectivity index (χ0) is 37.8. The molecule has 0 aliphatic rings. The summed E-state index contributed by atoms with van der Waals surface area (Å²) in [5, 5.41) is 0. The number of carbonyl (C=O) groups excluding carboxylic acids is 2. The second-order valence-electron chi connectivity index (χ2n) is 14.9. The molecule has 0 radical (unpaired) electrons. The van der Waals surface area contributed by atoms with Gasteiger partial charge in [-0.3, -0.25) is 9.59 Å². The van der Waals surface area contributed by atoms with Crippen molar-refractivity contribution in [2.45, 2.75) is 232 Å². The average molecular weight is 731 g/mol. The van der Waals surface area contributed by atoms with Crippen LogP contribution >= 0.6 is 0 Å². The van der Waals surface area contributed by atoms with Crippen LogP contribution in [0.4, 0.5) is 0 Å². The largest absolute Gasteiger partial charge is 0.462 e. The van der Waals surface area contributed by atoms with Gasteiger partial charge in [-0.25, -0.2) is 0 Å². The van der Waals surface area contributed by atoms with E-state index in [4.69, 9.17) is 14.2 Å². The molecule has 0 aliphatic heterocycles. The number of carbonyl (C=O) groups is 2. The minimum atomic E-state index is -0.530. The van der Waals surface area contributed by atoms with Crippen LogP contribution in [-0.2, 0) is 23.8 Å². The van der Waals surface area contributed by atoms with Crippen LogP contribution in [0, 0.1) is 0 Å². The average Bonchev–Trinajstić information content (AvgIpc) is 3.14. The second kappa shape index (κ2) is 43.5. The SMILES string of the molecule is CC/C=C\C/C=C\C/C=C\CCCCCCCCCC(=O)OCC(COCCCCCCCCCCCCCCCC)OC(=O)CCCCCCC. The summed E-state index contributed by atoms with van der Waals surface area (Å²) in [5.41, 5.74) is 0. The van der Waals surface area contributed by atoms with Gasteiger partial charge >= 0.3 is 11.9 Å². The molecule has 0 saturated heterocycles. The molecule has 52 heavy (non-hydrogen) atoms. The lowest BCUT2D eigenvalue weighted by atomic mass is 10.0. The number of esters is 2. The predicted molar refractivity (Wildman–Crippen MR) is 224 cm³/mol. The minimum absolute atomic E-state index is 0.0835. The van der Waals surface area contributed by atoms with Crippen molar-refractivity contribution in [3.05, 3.63) is 36.5 Å². The molecule has 1 unspecified atom stereocenters. The third kappa shape index (κ3) is 40.9. The summed E-state index contributed by atoms with van der Waals surface area (Å²) in [5.74, 6) is -0.413. The van der Waals surface area contributed by atoms with Crippen molar-refractivity contribution in [1.82, 2.24) is 0 Å². The summed E-state index contributed by atoms with van der Waals surface area (Å²) in [4.78, 5) is 25.0. The van der Waals surface area contributed by atoms with Crippen molar-refractivity contribution in [3.63, 3.8) is 0 Å². The second-order valence-corrected chi connectivity index (χ2v) is 14.9. The Bertz CT molecular complexity index is 832. The Balaban J connectivity index is 4.05.